The predicted octanol–water partition coefficient (Wildman–Crippen LogP) is 2.84. The lowest BCUT2D eigenvalue weighted by molar-refractivity contribution is -0.384. The van der Waals surface area contributed by atoms with Gasteiger partial charge in [0.05, 0.1) is 10.6 Å². The smallest absolute Gasteiger partial charge is 0.258 e. The fourth-order valence-corrected chi connectivity index (χ4v) is 2.97. The lowest BCUT2D eigenvalue weighted by atomic mass is 9.96. The summed E-state index contributed by atoms with van der Waals surface area (Å²) in [6.45, 7) is 6.14. The monoisotopic (exact) mass is 317 g/mol. The summed E-state index contributed by atoms with van der Waals surface area (Å²) in [6, 6.07) is 6.53. The van der Waals surface area contributed by atoms with Crippen LogP contribution in [-0.4, -0.2) is 31.3 Å². The average molecular weight is 317 g/mol. The fourth-order valence-electron chi connectivity index (χ4n) is 2.14. The Kier molecular flexibility index (Phi) is 3.48. The normalized spacial score (nSPS) is 14.4. The van der Waals surface area contributed by atoms with Gasteiger partial charge in [-0.3, -0.25) is 10.1 Å². The molecule has 0 atom stereocenters. The molecule has 7 nitrogen and oxygen atoms in total. The van der Waals surface area contributed by atoms with E-state index in [9.17, 15) is 10.1 Å². The number of nitro benzene ring substituents is 1. The summed E-state index contributed by atoms with van der Waals surface area (Å²) in [4.78, 5) is 10.5. The Morgan fingerprint density at radius 1 is 1.32 bits per heavy atom. The maximum atomic E-state index is 10.9. The summed E-state index contributed by atoms with van der Waals surface area (Å²) in [5.74, 6) is 1.39. The number of thioether (sulfide) groups is 1. The molecule has 114 valence electrons. The molecule has 0 saturated heterocycles. The van der Waals surface area contributed by atoms with Gasteiger partial charge in [0.25, 0.3) is 5.69 Å². The van der Waals surface area contributed by atoms with Crippen LogP contribution in [0.4, 0.5) is 5.69 Å². The highest BCUT2D eigenvalue weighted by Gasteiger charge is 2.27. The number of hydrogen-bond donors (Lipinski definition) is 0. The van der Waals surface area contributed by atoms with Gasteiger partial charge in [-0.15, -0.1) is 10.2 Å². The van der Waals surface area contributed by atoms with Crippen LogP contribution in [0.2, 0.25) is 0 Å². The molecule has 0 amide bonds. The van der Waals surface area contributed by atoms with Crippen LogP contribution >= 0.6 is 11.8 Å². The van der Waals surface area contributed by atoms with Crippen molar-refractivity contribution in [1.29, 1.82) is 0 Å². The molecule has 8 heteroatoms. The highest BCUT2D eigenvalue weighted by atomic mass is 32.2. The van der Waals surface area contributed by atoms with Crippen LogP contribution in [0.5, 0.6) is 0 Å². The Hall–Kier alpha value is -2.22. The first-order chi connectivity index (χ1) is 10.4. The summed E-state index contributed by atoms with van der Waals surface area (Å²) in [5, 5.41) is 24.6. The van der Waals surface area contributed by atoms with Gasteiger partial charge in [-0.05, 0) is 0 Å². The second-order valence-corrected chi connectivity index (χ2v) is 6.95. The maximum absolute atomic E-state index is 10.9. The number of benzene rings is 1. The summed E-state index contributed by atoms with van der Waals surface area (Å²) >= 11 is 1.53. The molecule has 2 aromatic rings. The van der Waals surface area contributed by atoms with E-state index in [-0.39, 0.29) is 11.1 Å². The number of non-ortho nitro benzene ring substituents is 1. The molecule has 0 radical (unpaired) electrons. The van der Waals surface area contributed by atoms with E-state index in [2.05, 4.69) is 15.3 Å². The largest absolute Gasteiger partial charge is 0.270 e. The fraction of sp³-hybridized carbons (Fsp3) is 0.357. The Morgan fingerprint density at radius 3 is 2.77 bits per heavy atom. The van der Waals surface area contributed by atoms with Crippen molar-refractivity contribution < 1.29 is 4.92 Å². The summed E-state index contributed by atoms with van der Waals surface area (Å²) in [7, 11) is 0. The van der Waals surface area contributed by atoms with Gasteiger partial charge in [0, 0.05) is 28.9 Å². The van der Waals surface area contributed by atoms with Crippen LogP contribution in [0.3, 0.4) is 0 Å². The molecular formula is C14H15N5O2S. The summed E-state index contributed by atoms with van der Waals surface area (Å²) in [6.07, 6.45) is 0. The van der Waals surface area contributed by atoms with Crippen LogP contribution in [0.15, 0.2) is 34.5 Å². The number of fused-ring (bicyclic) bond motifs is 1. The minimum absolute atomic E-state index is 0.0656. The number of rotatable bonds is 2. The number of nitrogens with zero attached hydrogens (tertiary/aromatic N) is 5. The first-order valence-corrected chi connectivity index (χ1v) is 7.76. The molecule has 3 rings (SSSR count). The van der Waals surface area contributed by atoms with E-state index < -0.39 is 4.92 Å². The quantitative estimate of drug-likeness (QED) is 0.628. The summed E-state index contributed by atoms with van der Waals surface area (Å²) < 4.78 is 1.74. The molecule has 1 aromatic carbocycles. The van der Waals surface area contributed by atoms with E-state index >= 15 is 0 Å². The van der Waals surface area contributed by atoms with Crippen molar-refractivity contribution in [3.05, 3.63) is 45.8 Å². The molecule has 22 heavy (non-hydrogen) atoms. The van der Waals surface area contributed by atoms with Gasteiger partial charge < -0.3 is 0 Å². The molecule has 0 N–H and O–H groups in total. The minimum atomic E-state index is -0.398. The van der Waals surface area contributed by atoms with Gasteiger partial charge in [0.1, 0.15) is 0 Å². The first kappa shape index (κ1) is 14.7. The standard InChI is InChI=1S/C14H15N5O2S/c1-14(2,3)12-15-16-13-18(12)17-11(8-22-13)9-5-4-6-10(7-9)19(20)21/h4-7H,8H2,1-3H3. The Morgan fingerprint density at radius 2 is 2.09 bits per heavy atom. The zero-order chi connectivity index (χ0) is 15.9. The van der Waals surface area contributed by atoms with E-state index in [0.717, 1.165) is 22.3 Å². The van der Waals surface area contributed by atoms with Crippen LogP contribution < -0.4 is 0 Å². The van der Waals surface area contributed by atoms with Crippen LogP contribution in [-0.2, 0) is 5.41 Å². The third-order valence-electron chi connectivity index (χ3n) is 3.23. The van der Waals surface area contributed by atoms with Crippen molar-refractivity contribution in [3.8, 4) is 0 Å². The van der Waals surface area contributed by atoms with Gasteiger partial charge in [-0.1, -0.05) is 44.7 Å². The number of aromatic nitrogens is 3. The molecule has 1 aliphatic rings. The highest BCUT2D eigenvalue weighted by Crippen LogP contribution is 2.29. The maximum Gasteiger partial charge on any atom is 0.270 e. The number of nitro groups is 1. The predicted molar refractivity (Wildman–Crippen MR) is 84.5 cm³/mol. The topological polar surface area (TPSA) is 86.2 Å². The van der Waals surface area contributed by atoms with Crippen molar-refractivity contribution in [1.82, 2.24) is 14.9 Å². The van der Waals surface area contributed by atoms with Gasteiger partial charge in [0.15, 0.2) is 5.82 Å². The molecule has 1 aliphatic heterocycles. The Labute approximate surface area is 131 Å². The molecule has 0 bridgehead atoms. The Balaban J connectivity index is 2.06. The SMILES string of the molecule is CC(C)(C)c1nnc2n1N=C(c1cccc([N+](=O)[O-])c1)CS2. The number of hydrogen-bond acceptors (Lipinski definition) is 6. The van der Waals surface area contributed by atoms with Crippen molar-refractivity contribution in [2.24, 2.45) is 5.10 Å². The van der Waals surface area contributed by atoms with E-state index in [1.807, 2.05) is 26.8 Å². The lowest BCUT2D eigenvalue weighted by Gasteiger charge is -2.19. The zero-order valence-corrected chi connectivity index (χ0v) is 13.3. The molecule has 2 heterocycles. The van der Waals surface area contributed by atoms with Gasteiger partial charge in [-0.2, -0.15) is 9.78 Å². The van der Waals surface area contributed by atoms with E-state index in [0.29, 0.717) is 5.75 Å². The highest BCUT2D eigenvalue weighted by molar-refractivity contribution is 7.99. The first-order valence-electron chi connectivity index (χ1n) is 6.77. The molecule has 0 unspecified atom stereocenters. The molecule has 0 fully saturated rings. The van der Waals surface area contributed by atoms with Gasteiger partial charge in [0.2, 0.25) is 5.16 Å². The van der Waals surface area contributed by atoms with E-state index in [1.54, 1.807) is 16.8 Å². The molecule has 0 spiro atoms. The van der Waals surface area contributed by atoms with E-state index in [4.69, 9.17) is 0 Å². The Bertz CT molecular complexity index is 776. The third kappa shape index (κ3) is 2.61. The van der Waals surface area contributed by atoms with Gasteiger partial charge in [-0.25, -0.2) is 0 Å². The molecular weight excluding hydrogens is 302 g/mol. The summed E-state index contributed by atoms with van der Waals surface area (Å²) in [5.41, 5.74) is 1.42. The second-order valence-electron chi connectivity index (χ2n) is 6.01. The minimum Gasteiger partial charge on any atom is -0.258 e. The lowest BCUT2D eigenvalue weighted by Crippen LogP contribution is -2.21. The van der Waals surface area contributed by atoms with Crippen molar-refractivity contribution >= 4 is 23.2 Å². The zero-order valence-electron chi connectivity index (χ0n) is 12.5. The average Bonchev–Trinajstić information content (AvgIpc) is 2.90. The van der Waals surface area contributed by atoms with Crippen molar-refractivity contribution in [2.75, 3.05) is 5.75 Å². The van der Waals surface area contributed by atoms with Crippen molar-refractivity contribution in [2.45, 2.75) is 31.3 Å². The molecule has 0 aliphatic carbocycles. The van der Waals surface area contributed by atoms with Crippen LogP contribution in [0.1, 0.15) is 32.2 Å². The second kappa shape index (κ2) is 5.20. The molecule has 1 aromatic heterocycles. The van der Waals surface area contributed by atoms with Gasteiger partial charge >= 0.3 is 0 Å². The van der Waals surface area contributed by atoms with E-state index in [1.165, 1.54) is 17.8 Å². The van der Waals surface area contributed by atoms with Crippen LogP contribution in [0.25, 0.3) is 0 Å². The molecule has 0 saturated carbocycles. The van der Waals surface area contributed by atoms with Crippen molar-refractivity contribution in [3.63, 3.8) is 0 Å². The van der Waals surface area contributed by atoms with Crippen LogP contribution in [0, 0.1) is 10.1 Å². The third-order valence-corrected chi connectivity index (χ3v) is 4.16.